The summed E-state index contributed by atoms with van der Waals surface area (Å²) in [7, 11) is 1.59. The van der Waals surface area contributed by atoms with Gasteiger partial charge in [-0.2, -0.15) is 0 Å². The number of nitrogens with zero attached hydrogens (tertiary/aromatic N) is 1. The zero-order valence-electron chi connectivity index (χ0n) is 11.4. The maximum Gasteiger partial charge on any atom is 0.139 e. The summed E-state index contributed by atoms with van der Waals surface area (Å²) < 4.78 is 5.23. The molecule has 0 aliphatic carbocycles. The Kier molecular flexibility index (Phi) is 3.54. The van der Waals surface area contributed by atoms with Crippen LogP contribution >= 0.6 is 11.6 Å². The van der Waals surface area contributed by atoms with Crippen molar-refractivity contribution in [1.82, 2.24) is 4.98 Å². The molecule has 21 heavy (non-hydrogen) atoms. The quantitative estimate of drug-likeness (QED) is 0.711. The van der Waals surface area contributed by atoms with Crippen molar-refractivity contribution in [3.05, 3.63) is 53.7 Å². The predicted octanol–water partition coefficient (Wildman–Crippen LogP) is 4.22. The normalized spacial score (nSPS) is 10.6. The summed E-state index contributed by atoms with van der Waals surface area (Å²) >= 11 is 6.04. The second kappa shape index (κ2) is 5.50. The van der Waals surface area contributed by atoms with Gasteiger partial charge in [-0.05, 0) is 36.4 Å². The van der Waals surface area contributed by atoms with Crippen LogP contribution in [0, 0.1) is 0 Å². The smallest absolute Gasteiger partial charge is 0.139 e. The van der Waals surface area contributed by atoms with Gasteiger partial charge in [-0.25, -0.2) is 0 Å². The highest BCUT2D eigenvalue weighted by atomic mass is 35.5. The third-order valence-corrected chi connectivity index (χ3v) is 3.51. The number of nitrogens with one attached hydrogen (secondary N) is 1. The largest absolute Gasteiger partial charge is 0.495 e. The van der Waals surface area contributed by atoms with Crippen LogP contribution in [0.15, 0.2) is 48.7 Å². The first-order valence-corrected chi connectivity index (χ1v) is 6.80. The molecule has 3 aromatic rings. The number of hydrogen-bond donors (Lipinski definition) is 2. The van der Waals surface area contributed by atoms with Gasteiger partial charge in [0.15, 0.2) is 0 Å². The Labute approximate surface area is 127 Å². The highest BCUT2D eigenvalue weighted by Gasteiger charge is 2.05. The van der Waals surface area contributed by atoms with E-state index in [2.05, 4.69) is 10.3 Å². The molecule has 0 saturated carbocycles. The van der Waals surface area contributed by atoms with Crippen LogP contribution in [0.25, 0.3) is 10.9 Å². The molecule has 0 atom stereocenters. The number of halogens is 1. The van der Waals surface area contributed by atoms with E-state index in [-0.39, 0.29) is 0 Å². The lowest BCUT2D eigenvalue weighted by molar-refractivity contribution is 0.415. The maximum atomic E-state index is 6.04. The van der Waals surface area contributed by atoms with Crippen LogP contribution in [-0.4, -0.2) is 12.1 Å². The van der Waals surface area contributed by atoms with Crippen molar-refractivity contribution < 1.29 is 4.74 Å². The van der Waals surface area contributed by atoms with Gasteiger partial charge in [0.05, 0.1) is 17.6 Å². The Morgan fingerprint density at radius 2 is 2.00 bits per heavy atom. The molecule has 3 rings (SSSR count). The lowest BCUT2D eigenvalue weighted by Gasteiger charge is -2.11. The van der Waals surface area contributed by atoms with Crippen molar-refractivity contribution >= 4 is 39.6 Å². The summed E-state index contributed by atoms with van der Waals surface area (Å²) in [6.07, 6.45) is 1.75. The number of hydrogen-bond acceptors (Lipinski definition) is 4. The van der Waals surface area contributed by atoms with Gasteiger partial charge in [0.25, 0.3) is 0 Å². The molecule has 106 valence electrons. The van der Waals surface area contributed by atoms with Crippen molar-refractivity contribution in [2.24, 2.45) is 0 Å². The van der Waals surface area contributed by atoms with Crippen LogP contribution in [-0.2, 0) is 0 Å². The first-order valence-electron chi connectivity index (χ1n) is 6.42. The van der Waals surface area contributed by atoms with E-state index in [0.29, 0.717) is 16.5 Å². The standard InChI is InChI=1S/C16H14ClN3O/c1-21-16-9-11(3-5-13(16)17)20-14-6-7-19-15-8-10(18)2-4-12(14)15/h2-9H,18H2,1H3,(H,19,20). The molecule has 4 nitrogen and oxygen atoms in total. The monoisotopic (exact) mass is 299 g/mol. The summed E-state index contributed by atoms with van der Waals surface area (Å²) in [5.41, 5.74) is 9.17. The lowest BCUT2D eigenvalue weighted by Crippen LogP contribution is -1.94. The lowest BCUT2D eigenvalue weighted by atomic mass is 10.1. The molecule has 0 unspecified atom stereocenters. The van der Waals surface area contributed by atoms with Crippen molar-refractivity contribution in [1.29, 1.82) is 0 Å². The Hall–Kier alpha value is -2.46. The number of fused-ring (bicyclic) bond motifs is 1. The topological polar surface area (TPSA) is 60.2 Å². The Bertz CT molecular complexity index is 805. The van der Waals surface area contributed by atoms with Crippen molar-refractivity contribution in [2.75, 3.05) is 18.2 Å². The zero-order valence-corrected chi connectivity index (χ0v) is 12.2. The minimum atomic E-state index is 0.579. The van der Waals surface area contributed by atoms with Gasteiger partial charge in [0.2, 0.25) is 0 Å². The fourth-order valence-corrected chi connectivity index (χ4v) is 2.36. The zero-order chi connectivity index (χ0) is 14.8. The van der Waals surface area contributed by atoms with Crippen molar-refractivity contribution in [2.45, 2.75) is 0 Å². The third-order valence-electron chi connectivity index (χ3n) is 3.20. The van der Waals surface area contributed by atoms with E-state index in [0.717, 1.165) is 22.3 Å². The van der Waals surface area contributed by atoms with Gasteiger partial charge in [-0.1, -0.05) is 11.6 Å². The van der Waals surface area contributed by atoms with Gasteiger partial charge < -0.3 is 15.8 Å². The molecule has 0 spiro atoms. The van der Waals surface area contributed by atoms with Crippen LogP contribution in [0.5, 0.6) is 5.75 Å². The third kappa shape index (κ3) is 2.71. The Morgan fingerprint density at radius 3 is 2.81 bits per heavy atom. The fourth-order valence-electron chi connectivity index (χ4n) is 2.17. The first-order chi connectivity index (χ1) is 10.2. The Morgan fingerprint density at radius 1 is 1.14 bits per heavy atom. The van der Waals surface area contributed by atoms with E-state index in [1.165, 1.54) is 0 Å². The average Bonchev–Trinajstić information content (AvgIpc) is 2.49. The van der Waals surface area contributed by atoms with Crippen molar-refractivity contribution in [3.8, 4) is 5.75 Å². The molecule has 0 bridgehead atoms. The average molecular weight is 300 g/mol. The molecule has 0 radical (unpaired) electrons. The van der Waals surface area contributed by atoms with Gasteiger partial charge in [-0.3, -0.25) is 4.98 Å². The summed E-state index contributed by atoms with van der Waals surface area (Å²) in [6, 6.07) is 13.1. The molecule has 3 N–H and O–H groups in total. The van der Waals surface area contributed by atoms with E-state index in [4.69, 9.17) is 22.1 Å². The molecule has 1 aromatic heterocycles. The number of benzene rings is 2. The highest BCUT2D eigenvalue weighted by molar-refractivity contribution is 6.32. The van der Waals surface area contributed by atoms with Gasteiger partial charge in [0, 0.05) is 34.7 Å². The van der Waals surface area contributed by atoms with Crippen LogP contribution in [0.3, 0.4) is 0 Å². The van der Waals surface area contributed by atoms with Crippen molar-refractivity contribution in [3.63, 3.8) is 0 Å². The predicted molar refractivity (Wildman–Crippen MR) is 87.4 cm³/mol. The highest BCUT2D eigenvalue weighted by Crippen LogP contribution is 2.31. The summed E-state index contributed by atoms with van der Waals surface area (Å²) in [4.78, 5) is 4.33. The van der Waals surface area contributed by atoms with E-state index in [1.807, 2.05) is 36.4 Å². The maximum absolute atomic E-state index is 6.04. The minimum absolute atomic E-state index is 0.579. The minimum Gasteiger partial charge on any atom is -0.495 e. The molecule has 5 heteroatoms. The van der Waals surface area contributed by atoms with Gasteiger partial charge >= 0.3 is 0 Å². The molecule has 2 aromatic carbocycles. The second-order valence-corrected chi connectivity index (χ2v) is 5.02. The molecule has 1 heterocycles. The molecule has 0 saturated heterocycles. The molecule has 0 amide bonds. The van der Waals surface area contributed by atoms with Crippen LogP contribution in [0.4, 0.5) is 17.1 Å². The van der Waals surface area contributed by atoms with Crippen LogP contribution in [0.2, 0.25) is 5.02 Å². The number of anilines is 3. The molecule has 0 aliphatic rings. The Balaban J connectivity index is 2.02. The van der Waals surface area contributed by atoms with E-state index < -0.39 is 0 Å². The molecular weight excluding hydrogens is 286 g/mol. The SMILES string of the molecule is COc1cc(Nc2ccnc3cc(N)ccc23)ccc1Cl. The van der Waals surface area contributed by atoms with E-state index in [9.17, 15) is 0 Å². The number of nitrogen functional groups attached to an aromatic ring is 1. The number of pyridine rings is 1. The molecule has 0 aliphatic heterocycles. The first kappa shape index (κ1) is 13.5. The summed E-state index contributed by atoms with van der Waals surface area (Å²) in [6.45, 7) is 0. The number of aromatic nitrogens is 1. The molecule has 0 fully saturated rings. The number of nitrogens with two attached hydrogens (primary N) is 1. The number of methoxy groups -OCH3 is 1. The summed E-state index contributed by atoms with van der Waals surface area (Å²) in [5, 5.41) is 4.93. The number of rotatable bonds is 3. The summed E-state index contributed by atoms with van der Waals surface area (Å²) in [5.74, 6) is 0.629. The van der Waals surface area contributed by atoms with Gasteiger partial charge in [-0.15, -0.1) is 0 Å². The van der Waals surface area contributed by atoms with Crippen LogP contribution < -0.4 is 15.8 Å². The van der Waals surface area contributed by atoms with E-state index >= 15 is 0 Å². The molecular formula is C16H14ClN3O. The van der Waals surface area contributed by atoms with E-state index in [1.54, 1.807) is 19.4 Å². The number of ether oxygens (including phenoxy) is 1. The van der Waals surface area contributed by atoms with Crippen LogP contribution in [0.1, 0.15) is 0 Å². The second-order valence-electron chi connectivity index (χ2n) is 4.61. The fraction of sp³-hybridized carbons (Fsp3) is 0.0625. The van der Waals surface area contributed by atoms with Gasteiger partial charge in [0.1, 0.15) is 5.75 Å².